The molecule has 0 atom stereocenters. The standard InChI is InChI=1S/C11H13N5O3S2/c12-10(19)13-3-4-16-9(7-2-1-5-20-7)14-15-11(16)21-6-8(17)18/h1-2,5H,3-4,6H2,(H,17,18)(H3,12,13,19). The van der Waals surface area contributed by atoms with Crippen molar-refractivity contribution in [3.8, 4) is 10.7 Å². The maximum atomic E-state index is 10.7. The van der Waals surface area contributed by atoms with E-state index in [9.17, 15) is 9.59 Å². The number of nitrogens with two attached hydrogens (primary N) is 1. The second-order valence-corrected chi connectivity index (χ2v) is 5.80. The minimum atomic E-state index is -0.928. The molecular weight excluding hydrogens is 314 g/mol. The van der Waals surface area contributed by atoms with Crippen LogP contribution in [0.4, 0.5) is 4.79 Å². The summed E-state index contributed by atoms with van der Waals surface area (Å²) in [6.45, 7) is 0.720. The highest BCUT2D eigenvalue weighted by Crippen LogP contribution is 2.26. The van der Waals surface area contributed by atoms with Crippen LogP contribution < -0.4 is 11.1 Å². The molecule has 0 aliphatic rings. The SMILES string of the molecule is NC(=O)NCCn1c(SCC(=O)O)nnc1-c1cccs1. The number of carboxylic acid groups (broad SMARTS) is 1. The maximum absolute atomic E-state index is 10.7. The lowest BCUT2D eigenvalue weighted by Gasteiger charge is -2.09. The first kappa shape index (κ1) is 15.3. The Kier molecular flexibility index (Phi) is 5.17. The summed E-state index contributed by atoms with van der Waals surface area (Å²) >= 11 is 2.59. The summed E-state index contributed by atoms with van der Waals surface area (Å²) in [5.41, 5.74) is 5.03. The average molecular weight is 327 g/mol. The van der Waals surface area contributed by atoms with E-state index in [0.717, 1.165) is 16.6 Å². The van der Waals surface area contributed by atoms with Gasteiger partial charge in [-0.25, -0.2) is 4.79 Å². The summed E-state index contributed by atoms with van der Waals surface area (Å²) in [5.74, 6) is -0.391. The third kappa shape index (κ3) is 4.20. The predicted molar refractivity (Wildman–Crippen MR) is 79.3 cm³/mol. The summed E-state index contributed by atoms with van der Waals surface area (Å²) in [6, 6.07) is 3.18. The fraction of sp³-hybridized carbons (Fsp3) is 0.273. The molecule has 2 heterocycles. The van der Waals surface area contributed by atoms with Crippen molar-refractivity contribution in [3.05, 3.63) is 17.5 Å². The molecule has 0 bridgehead atoms. The number of hydrogen-bond acceptors (Lipinski definition) is 6. The molecule has 0 saturated heterocycles. The zero-order valence-corrected chi connectivity index (χ0v) is 12.5. The predicted octanol–water partition coefficient (Wildman–Crippen LogP) is 0.852. The maximum Gasteiger partial charge on any atom is 0.313 e. The Balaban J connectivity index is 2.20. The number of rotatable bonds is 7. The summed E-state index contributed by atoms with van der Waals surface area (Å²) < 4.78 is 1.77. The number of carboxylic acids is 1. The van der Waals surface area contributed by atoms with Crippen LogP contribution in [0.25, 0.3) is 10.7 Å². The number of carbonyl (C=O) groups is 2. The molecule has 21 heavy (non-hydrogen) atoms. The Bertz CT molecular complexity index is 626. The van der Waals surface area contributed by atoms with Crippen molar-refractivity contribution in [2.45, 2.75) is 11.7 Å². The van der Waals surface area contributed by atoms with E-state index in [1.165, 1.54) is 11.3 Å². The third-order valence-electron chi connectivity index (χ3n) is 2.42. The fourth-order valence-electron chi connectivity index (χ4n) is 1.60. The largest absolute Gasteiger partial charge is 0.481 e. The molecule has 2 amide bonds. The van der Waals surface area contributed by atoms with Gasteiger partial charge in [0.1, 0.15) is 0 Å². The van der Waals surface area contributed by atoms with Crippen LogP contribution in [0.15, 0.2) is 22.7 Å². The molecule has 4 N–H and O–H groups in total. The van der Waals surface area contributed by atoms with Crippen LogP contribution >= 0.6 is 23.1 Å². The zero-order chi connectivity index (χ0) is 15.2. The van der Waals surface area contributed by atoms with Gasteiger partial charge in [-0.3, -0.25) is 9.36 Å². The van der Waals surface area contributed by atoms with Gasteiger partial charge in [-0.15, -0.1) is 21.5 Å². The van der Waals surface area contributed by atoms with Crippen molar-refractivity contribution in [1.29, 1.82) is 0 Å². The van der Waals surface area contributed by atoms with E-state index in [1.54, 1.807) is 4.57 Å². The van der Waals surface area contributed by atoms with E-state index < -0.39 is 12.0 Å². The lowest BCUT2D eigenvalue weighted by molar-refractivity contribution is -0.133. The van der Waals surface area contributed by atoms with Gasteiger partial charge < -0.3 is 16.2 Å². The van der Waals surface area contributed by atoms with Gasteiger partial charge in [-0.2, -0.15) is 0 Å². The summed E-state index contributed by atoms with van der Waals surface area (Å²) in [6.07, 6.45) is 0. The summed E-state index contributed by atoms with van der Waals surface area (Å²) in [4.78, 5) is 22.3. The molecule has 0 unspecified atom stereocenters. The lowest BCUT2D eigenvalue weighted by atomic mass is 10.4. The van der Waals surface area contributed by atoms with Gasteiger partial charge in [-0.1, -0.05) is 17.8 Å². The summed E-state index contributed by atoms with van der Waals surface area (Å²) in [7, 11) is 0. The van der Waals surface area contributed by atoms with Crippen molar-refractivity contribution in [2.24, 2.45) is 5.73 Å². The molecule has 0 radical (unpaired) electrons. The first-order valence-corrected chi connectivity index (χ1v) is 7.79. The first-order chi connectivity index (χ1) is 10.1. The van der Waals surface area contributed by atoms with E-state index >= 15 is 0 Å². The van der Waals surface area contributed by atoms with Gasteiger partial charge in [0.15, 0.2) is 11.0 Å². The number of thiophene rings is 1. The van der Waals surface area contributed by atoms with E-state index in [4.69, 9.17) is 10.8 Å². The number of nitrogens with one attached hydrogen (secondary N) is 1. The number of nitrogens with zero attached hydrogens (tertiary/aromatic N) is 3. The topological polar surface area (TPSA) is 123 Å². The Morgan fingerprint density at radius 1 is 1.48 bits per heavy atom. The van der Waals surface area contributed by atoms with Crippen LogP contribution in [-0.4, -0.2) is 44.2 Å². The molecule has 112 valence electrons. The molecule has 0 aliphatic heterocycles. The van der Waals surface area contributed by atoms with Crippen LogP contribution in [-0.2, 0) is 11.3 Å². The molecule has 0 aliphatic carbocycles. The van der Waals surface area contributed by atoms with E-state index in [0.29, 0.717) is 24.1 Å². The first-order valence-electron chi connectivity index (χ1n) is 5.93. The minimum absolute atomic E-state index is 0.105. The van der Waals surface area contributed by atoms with Crippen molar-refractivity contribution in [3.63, 3.8) is 0 Å². The Hall–Kier alpha value is -2.07. The Morgan fingerprint density at radius 3 is 2.90 bits per heavy atom. The molecule has 2 aromatic rings. The number of amides is 2. The van der Waals surface area contributed by atoms with Crippen LogP contribution in [0.5, 0.6) is 0 Å². The molecular formula is C11H13N5O3S2. The second kappa shape index (κ2) is 7.09. The Morgan fingerprint density at radius 2 is 2.29 bits per heavy atom. The number of thioether (sulfide) groups is 1. The quantitative estimate of drug-likeness (QED) is 0.648. The van der Waals surface area contributed by atoms with Gasteiger partial charge in [0.2, 0.25) is 0 Å². The van der Waals surface area contributed by atoms with Crippen molar-refractivity contribution in [1.82, 2.24) is 20.1 Å². The zero-order valence-electron chi connectivity index (χ0n) is 10.9. The van der Waals surface area contributed by atoms with Crippen LogP contribution in [0.1, 0.15) is 0 Å². The number of carbonyl (C=O) groups excluding carboxylic acids is 1. The van der Waals surface area contributed by atoms with E-state index in [-0.39, 0.29) is 5.75 Å². The molecule has 0 saturated carbocycles. The third-order valence-corrected chi connectivity index (χ3v) is 4.24. The number of primary amides is 1. The van der Waals surface area contributed by atoms with E-state index in [2.05, 4.69) is 15.5 Å². The van der Waals surface area contributed by atoms with Crippen molar-refractivity contribution >= 4 is 35.1 Å². The second-order valence-electron chi connectivity index (χ2n) is 3.91. The summed E-state index contributed by atoms with van der Waals surface area (Å²) in [5, 5.41) is 21.8. The van der Waals surface area contributed by atoms with Crippen molar-refractivity contribution < 1.29 is 14.7 Å². The lowest BCUT2D eigenvalue weighted by Crippen LogP contribution is -2.32. The van der Waals surface area contributed by atoms with Gasteiger partial charge >= 0.3 is 12.0 Å². The molecule has 2 aromatic heterocycles. The normalized spacial score (nSPS) is 10.5. The van der Waals surface area contributed by atoms with Crippen LogP contribution in [0.3, 0.4) is 0 Å². The monoisotopic (exact) mass is 327 g/mol. The Labute approximate surface area is 128 Å². The highest BCUT2D eigenvalue weighted by molar-refractivity contribution is 7.99. The molecule has 2 rings (SSSR count). The van der Waals surface area contributed by atoms with Crippen LogP contribution in [0.2, 0.25) is 0 Å². The molecule has 10 heteroatoms. The van der Waals surface area contributed by atoms with Gasteiger partial charge in [0.05, 0.1) is 10.6 Å². The molecule has 8 nitrogen and oxygen atoms in total. The van der Waals surface area contributed by atoms with Crippen LogP contribution in [0, 0.1) is 0 Å². The number of hydrogen-bond donors (Lipinski definition) is 3. The van der Waals surface area contributed by atoms with Gasteiger partial charge in [0, 0.05) is 13.1 Å². The molecule has 0 aromatic carbocycles. The number of aromatic nitrogens is 3. The molecule has 0 fully saturated rings. The highest BCUT2D eigenvalue weighted by Gasteiger charge is 2.16. The van der Waals surface area contributed by atoms with Crippen molar-refractivity contribution in [2.75, 3.05) is 12.3 Å². The smallest absolute Gasteiger partial charge is 0.313 e. The van der Waals surface area contributed by atoms with E-state index in [1.807, 2.05) is 17.5 Å². The van der Waals surface area contributed by atoms with Gasteiger partial charge in [-0.05, 0) is 11.4 Å². The molecule has 0 spiro atoms. The highest BCUT2D eigenvalue weighted by atomic mass is 32.2. The number of urea groups is 1. The number of aliphatic carboxylic acids is 1. The van der Waals surface area contributed by atoms with Gasteiger partial charge in [0.25, 0.3) is 0 Å². The minimum Gasteiger partial charge on any atom is -0.481 e. The average Bonchev–Trinajstić information content (AvgIpc) is 3.04. The fourth-order valence-corrected chi connectivity index (χ4v) is 3.00.